The zero-order chi connectivity index (χ0) is 24.5. The number of rotatable bonds is 9. The minimum Gasteiger partial charge on any atom is -0.410 e. The molecule has 2 N–H and O–H groups in total. The van der Waals surface area contributed by atoms with Gasteiger partial charge in [-0.3, -0.25) is 0 Å². The highest BCUT2D eigenvalue weighted by Gasteiger charge is 2.16. The molecule has 0 spiro atoms. The number of para-hydroxylation sites is 1. The van der Waals surface area contributed by atoms with Crippen molar-refractivity contribution in [3.8, 4) is 16.9 Å². The summed E-state index contributed by atoms with van der Waals surface area (Å²) in [6.07, 6.45) is 0.151. The highest BCUT2D eigenvalue weighted by Crippen LogP contribution is 2.32. The first kappa shape index (κ1) is 24.2. The average molecular weight is 487 g/mol. The number of carbonyl (C=O) groups is 1. The van der Waals surface area contributed by atoms with Gasteiger partial charge >= 0.3 is 6.09 Å². The molecular formula is C28H26N2O4S. The van der Waals surface area contributed by atoms with E-state index in [-0.39, 0.29) is 11.4 Å². The maximum Gasteiger partial charge on any atom is 0.412 e. The van der Waals surface area contributed by atoms with Crippen molar-refractivity contribution in [3.63, 3.8) is 0 Å². The minimum absolute atomic E-state index is 0.0883. The van der Waals surface area contributed by atoms with Gasteiger partial charge in [0.25, 0.3) is 0 Å². The molecule has 1 amide bonds. The lowest BCUT2D eigenvalue weighted by atomic mass is 9.99. The molecule has 0 unspecified atom stereocenters. The van der Waals surface area contributed by atoms with Crippen LogP contribution in [0, 0.1) is 0 Å². The summed E-state index contributed by atoms with van der Waals surface area (Å²) in [6, 6.07) is 32.7. The first-order chi connectivity index (χ1) is 17.0. The fraction of sp³-hybridized carbons (Fsp3) is 0.107. The van der Waals surface area contributed by atoms with Crippen LogP contribution in [0.25, 0.3) is 11.1 Å². The molecule has 7 heteroatoms. The molecule has 0 aliphatic rings. The Hall–Kier alpha value is -3.94. The Morgan fingerprint density at radius 1 is 0.714 bits per heavy atom. The fourth-order valence-electron chi connectivity index (χ4n) is 3.66. The Morgan fingerprint density at radius 2 is 1.31 bits per heavy atom. The van der Waals surface area contributed by atoms with Crippen LogP contribution in [0.2, 0.25) is 0 Å². The van der Waals surface area contributed by atoms with Crippen molar-refractivity contribution in [1.29, 1.82) is 0 Å². The van der Waals surface area contributed by atoms with Gasteiger partial charge in [0, 0.05) is 18.7 Å². The number of ether oxygens (including phenoxy) is 1. The van der Waals surface area contributed by atoms with Crippen molar-refractivity contribution in [2.24, 2.45) is 0 Å². The van der Waals surface area contributed by atoms with Crippen LogP contribution >= 0.6 is 0 Å². The second kappa shape index (κ2) is 11.5. The molecule has 4 rings (SSSR count). The van der Waals surface area contributed by atoms with Crippen molar-refractivity contribution < 1.29 is 17.9 Å². The lowest BCUT2D eigenvalue weighted by Crippen LogP contribution is -2.29. The van der Waals surface area contributed by atoms with Gasteiger partial charge < -0.3 is 10.1 Å². The molecule has 0 saturated heterocycles. The molecule has 0 saturated carbocycles. The fourth-order valence-corrected chi connectivity index (χ4v) is 4.69. The number of hydrogen-bond acceptors (Lipinski definition) is 4. The van der Waals surface area contributed by atoms with Gasteiger partial charge in [0.05, 0.1) is 4.90 Å². The van der Waals surface area contributed by atoms with Crippen molar-refractivity contribution >= 4 is 16.1 Å². The number of hydrogen-bond donors (Lipinski definition) is 2. The van der Waals surface area contributed by atoms with Gasteiger partial charge in [0.1, 0.15) is 5.75 Å². The third-order valence-electron chi connectivity index (χ3n) is 5.43. The van der Waals surface area contributed by atoms with E-state index < -0.39 is 16.1 Å². The molecule has 0 atom stereocenters. The first-order valence-electron chi connectivity index (χ1n) is 11.2. The molecule has 35 heavy (non-hydrogen) atoms. The van der Waals surface area contributed by atoms with E-state index >= 15 is 0 Å². The number of amides is 1. The van der Waals surface area contributed by atoms with Crippen LogP contribution < -0.4 is 14.8 Å². The highest BCUT2D eigenvalue weighted by atomic mass is 32.2. The van der Waals surface area contributed by atoms with Gasteiger partial charge in [-0.05, 0) is 41.3 Å². The second-order valence-corrected chi connectivity index (χ2v) is 9.61. The summed E-state index contributed by atoms with van der Waals surface area (Å²) < 4.78 is 33.6. The molecule has 0 aromatic heterocycles. The summed E-state index contributed by atoms with van der Waals surface area (Å²) >= 11 is 0. The van der Waals surface area contributed by atoms with Gasteiger partial charge in [-0.15, -0.1) is 0 Å². The topological polar surface area (TPSA) is 84.5 Å². The maximum atomic E-state index is 12.7. The van der Waals surface area contributed by atoms with Crippen LogP contribution in [0.3, 0.4) is 0 Å². The third-order valence-corrected chi connectivity index (χ3v) is 6.85. The molecule has 0 aliphatic carbocycles. The zero-order valence-corrected chi connectivity index (χ0v) is 19.9. The van der Waals surface area contributed by atoms with Gasteiger partial charge in [0.2, 0.25) is 10.0 Å². The predicted molar refractivity (Wildman–Crippen MR) is 137 cm³/mol. The Balaban J connectivity index is 1.47. The van der Waals surface area contributed by atoms with E-state index in [9.17, 15) is 13.2 Å². The monoisotopic (exact) mass is 486 g/mol. The normalized spacial score (nSPS) is 11.1. The highest BCUT2D eigenvalue weighted by molar-refractivity contribution is 7.89. The maximum absolute atomic E-state index is 12.7. The molecule has 178 valence electrons. The summed E-state index contributed by atoms with van der Waals surface area (Å²) in [4.78, 5) is 12.7. The molecular weight excluding hydrogens is 460 g/mol. The zero-order valence-electron chi connectivity index (χ0n) is 19.1. The second-order valence-electron chi connectivity index (χ2n) is 7.84. The van der Waals surface area contributed by atoms with Gasteiger partial charge in [-0.1, -0.05) is 91.0 Å². The molecule has 0 fully saturated rings. The van der Waals surface area contributed by atoms with E-state index in [1.54, 1.807) is 42.5 Å². The quantitative estimate of drug-likeness (QED) is 0.342. The van der Waals surface area contributed by atoms with Crippen molar-refractivity contribution in [1.82, 2.24) is 10.0 Å². The summed E-state index contributed by atoms with van der Waals surface area (Å²) in [7, 11) is -3.67. The lowest BCUT2D eigenvalue weighted by molar-refractivity contribution is 0.201. The molecule has 6 nitrogen and oxygen atoms in total. The van der Waals surface area contributed by atoms with E-state index in [2.05, 4.69) is 10.0 Å². The average Bonchev–Trinajstić information content (AvgIpc) is 2.89. The van der Waals surface area contributed by atoms with E-state index in [1.807, 2.05) is 66.7 Å². The van der Waals surface area contributed by atoms with Crippen molar-refractivity contribution in [2.75, 3.05) is 6.54 Å². The van der Waals surface area contributed by atoms with Crippen LogP contribution in [-0.2, 0) is 23.0 Å². The van der Waals surface area contributed by atoms with Crippen LogP contribution in [0.15, 0.2) is 114 Å². The van der Waals surface area contributed by atoms with Crippen molar-refractivity contribution in [2.45, 2.75) is 17.9 Å². The summed E-state index contributed by atoms with van der Waals surface area (Å²) in [5, 5.41) is 2.78. The SMILES string of the molecule is O=C(NCCc1ccccc1)Oc1ccccc1-c1ccccc1CNS(=O)(=O)c1ccccc1. The van der Waals surface area contributed by atoms with E-state index in [0.717, 1.165) is 16.7 Å². The Morgan fingerprint density at radius 3 is 2.06 bits per heavy atom. The van der Waals surface area contributed by atoms with Crippen LogP contribution in [0.4, 0.5) is 4.79 Å². The largest absolute Gasteiger partial charge is 0.412 e. The van der Waals surface area contributed by atoms with Crippen LogP contribution in [-0.4, -0.2) is 21.1 Å². The Bertz CT molecular complexity index is 1370. The molecule has 4 aromatic carbocycles. The smallest absolute Gasteiger partial charge is 0.410 e. The molecule has 4 aromatic rings. The van der Waals surface area contributed by atoms with E-state index in [1.165, 1.54) is 0 Å². The molecule has 0 aliphatic heterocycles. The van der Waals surface area contributed by atoms with Crippen LogP contribution in [0.1, 0.15) is 11.1 Å². The molecule has 0 radical (unpaired) electrons. The standard InChI is InChI=1S/C28H26N2O4S/c31-28(29-20-19-22-11-3-1-4-12-22)34-27-18-10-9-17-26(27)25-16-8-7-13-23(25)21-30-35(32,33)24-14-5-2-6-15-24/h1-18,30H,19-21H2,(H,29,31). The van der Waals surface area contributed by atoms with E-state index in [0.29, 0.717) is 24.3 Å². The van der Waals surface area contributed by atoms with E-state index in [4.69, 9.17) is 4.74 Å². The molecule has 0 heterocycles. The Kier molecular flexibility index (Phi) is 7.92. The summed E-state index contributed by atoms with van der Waals surface area (Å²) in [6.45, 7) is 0.536. The summed E-state index contributed by atoms with van der Waals surface area (Å²) in [5.41, 5.74) is 3.35. The Labute approximate surface area is 205 Å². The number of carbonyl (C=O) groups excluding carboxylic acids is 1. The molecule has 0 bridgehead atoms. The van der Waals surface area contributed by atoms with Gasteiger partial charge in [-0.25, -0.2) is 17.9 Å². The van der Waals surface area contributed by atoms with Crippen molar-refractivity contribution in [3.05, 3.63) is 120 Å². The summed E-state index contributed by atoms with van der Waals surface area (Å²) in [5.74, 6) is 0.392. The number of benzene rings is 4. The van der Waals surface area contributed by atoms with Crippen LogP contribution in [0.5, 0.6) is 5.75 Å². The number of sulfonamides is 1. The third kappa shape index (κ3) is 6.56. The number of nitrogens with one attached hydrogen (secondary N) is 2. The van der Waals surface area contributed by atoms with Gasteiger partial charge in [-0.2, -0.15) is 0 Å². The lowest BCUT2D eigenvalue weighted by Gasteiger charge is -2.15. The first-order valence-corrected chi connectivity index (χ1v) is 12.7. The minimum atomic E-state index is -3.67. The van der Waals surface area contributed by atoms with Gasteiger partial charge in [0.15, 0.2) is 0 Å². The predicted octanol–water partition coefficient (Wildman–Crippen LogP) is 5.16.